The number of ether oxygens (including phenoxy) is 1. The molecule has 2 aliphatic rings. The van der Waals surface area contributed by atoms with Crippen LogP contribution in [0.2, 0.25) is 0 Å². The summed E-state index contributed by atoms with van der Waals surface area (Å²) in [6.45, 7) is 0. The van der Waals surface area contributed by atoms with E-state index in [9.17, 15) is 29.4 Å². The first kappa shape index (κ1) is 25.5. The van der Waals surface area contributed by atoms with Gasteiger partial charge < -0.3 is 30.1 Å². The Balaban J connectivity index is 1.53. The fourth-order valence-corrected chi connectivity index (χ4v) is 6.16. The Bertz CT molecular complexity index is 1280. The molecule has 0 unspecified atom stereocenters. The molecule has 1 saturated heterocycles. The summed E-state index contributed by atoms with van der Waals surface area (Å²) in [7, 11) is 4.18. The Kier molecular flexibility index (Phi) is 6.92. The predicted octanol–water partition coefficient (Wildman–Crippen LogP) is -1.69. The maximum atomic E-state index is 13.2. The van der Waals surface area contributed by atoms with E-state index in [0.717, 1.165) is 4.90 Å². The van der Waals surface area contributed by atoms with Crippen molar-refractivity contribution in [2.24, 2.45) is 7.05 Å². The van der Waals surface area contributed by atoms with E-state index in [4.69, 9.17) is 9.26 Å². The van der Waals surface area contributed by atoms with E-state index in [-0.39, 0.29) is 28.5 Å². The SMILES string of the molecule is CNC(=O)c1c(O)noc1CC(=O)N[C@]1(OC)C(=O)N2C(C(=O)O)=C(CSc3nnnn3C)CS[C@H]21. The van der Waals surface area contributed by atoms with E-state index in [1.807, 2.05) is 0 Å². The number of aryl methyl sites for hydroxylation is 1. The van der Waals surface area contributed by atoms with Gasteiger partial charge in [0.2, 0.25) is 11.1 Å². The van der Waals surface area contributed by atoms with Crippen LogP contribution in [-0.4, -0.2) is 101 Å². The smallest absolute Gasteiger partial charge is 0.352 e. The highest BCUT2D eigenvalue weighted by Gasteiger charge is 2.66. The number of thioether (sulfide) groups is 2. The van der Waals surface area contributed by atoms with E-state index in [1.165, 1.54) is 42.4 Å². The maximum absolute atomic E-state index is 13.2. The van der Waals surface area contributed by atoms with E-state index in [1.54, 1.807) is 7.05 Å². The molecule has 0 radical (unpaired) electrons. The highest BCUT2D eigenvalue weighted by molar-refractivity contribution is 8.01. The molecule has 0 bridgehead atoms. The number of carboxylic acid groups (broad SMARTS) is 1. The summed E-state index contributed by atoms with van der Waals surface area (Å²) in [4.78, 5) is 51.1. The zero-order valence-electron chi connectivity index (χ0n) is 19.0. The number of aromatic hydroxyl groups is 1. The Hall–Kier alpha value is -3.64. The number of hydrogen-bond donors (Lipinski definition) is 4. The molecule has 0 saturated carbocycles. The lowest BCUT2D eigenvalue weighted by atomic mass is 9.98. The number of carbonyl (C=O) groups excluding carboxylic acids is 3. The molecule has 4 N–H and O–H groups in total. The molecule has 0 aliphatic carbocycles. The van der Waals surface area contributed by atoms with Gasteiger partial charge in [-0.25, -0.2) is 9.48 Å². The monoisotopic (exact) mass is 540 g/mol. The van der Waals surface area contributed by atoms with Gasteiger partial charge in [-0.3, -0.25) is 19.3 Å². The van der Waals surface area contributed by atoms with Crippen LogP contribution in [0.3, 0.4) is 0 Å². The zero-order valence-corrected chi connectivity index (χ0v) is 20.7. The van der Waals surface area contributed by atoms with Gasteiger partial charge >= 0.3 is 5.97 Å². The first-order valence-corrected chi connectivity index (χ1v) is 12.2. The van der Waals surface area contributed by atoms with Crippen molar-refractivity contribution in [3.63, 3.8) is 0 Å². The third kappa shape index (κ3) is 4.16. The number of hydrogen-bond acceptors (Lipinski definition) is 13. The second kappa shape index (κ2) is 9.78. The molecule has 2 aliphatic heterocycles. The molecule has 16 nitrogen and oxygen atoms in total. The molecule has 0 spiro atoms. The van der Waals surface area contributed by atoms with Crippen molar-refractivity contribution in [3.8, 4) is 5.88 Å². The highest BCUT2D eigenvalue weighted by Crippen LogP contribution is 2.47. The van der Waals surface area contributed by atoms with Crippen LogP contribution in [0.25, 0.3) is 0 Å². The number of aromatic nitrogens is 5. The van der Waals surface area contributed by atoms with Gasteiger partial charge in [0.05, 0.1) is 6.42 Å². The normalized spacial score (nSPS) is 21.1. The molecule has 2 aromatic heterocycles. The molecular formula is C18H20N8O8S2. The average Bonchev–Trinajstić information content (AvgIpc) is 3.43. The highest BCUT2D eigenvalue weighted by atomic mass is 32.2. The van der Waals surface area contributed by atoms with Crippen molar-refractivity contribution >= 4 is 47.2 Å². The van der Waals surface area contributed by atoms with E-state index >= 15 is 0 Å². The minimum atomic E-state index is -1.84. The second-order valence-electron chi connectivity index (χ2n) is 7.52. The van der Waals surface area contributed by atoms with Crippen molar-refractivity contribution in [1.82, 2.24) is 40.9 Å². The van der Waals surface area contributed by atoms with Crippen LogP contribution < -0.4 is 10.6 Å². The summed E-state index contributed by atoms with van der Waals surface area (Å²) in [6.07, 6.45) is -0.540. The summed E-state index contributed by atoms with van der Waals surface area (Å²) in [5.74, 6) is -4.01. The Morgan fingerprint density at radius 1 is 1.39 bits per heavy atom. The quantitative estimate of drug-likeness (QED) is 0.159. The molecule has 4 rings (SSSR count). The fraction of sp³-hybridized carbons (Fsp3) is 0.444. The van der Waals surface area contributed by atoms with Gasteiger partial charge in [-0.05, 0) is 21.2 Å². The molecule has 3 amide bonds. The van der Waals surface area contributed by atoms with Gasteiger partial charge in [-0.15, -0.1) is 16.9 Å². The van der Waals surface area contributed by atoms with Gasteiger partial charge in [0.1, 0.15) is 16.6 Å². The molecule has 2 aromatic rings. The topological polar surface area (TPSA) is 215 Å². The van der Waals surface area contributed by atoms with Gasteiger partial charge in [0.25, 0.3) is 23.4 Å². The van der Waals surface area contributed by atoms with Crippen molar-refractivity contribution in [2.45, 2.75) is 22.7 Å². The van der Waals surface area contributed by atoms with Crippen molar-refractivity contribution in [2.75, 3.05) is 25.7 Å². The van der Waals surface area contributed by atoms with Crippen LogP contribution in [0, 0.1) is 0 Å². The molecular weight excluding hydrogens is 520 g/mol. The zero-order chi connectivity index (χ0) is 26.2. The van der Waals surface area contributed by atoms with E-state index in [0.29, 0.717) is 10.7 Å². The number of methoxy groups -OCH3 is 1. The number of amides is 3. The number of β-lactam (4-membered cyclic amide) rings is 1. The number of aliphatic carboxylic acids is 1. The number of carbonyl (C=O) groups is 4. The molecule has 0 aromatic carbocycles. The van der Waals surface area contributed by atoms with Crippen LogP contribution in [0.15, 0.2) is 20.9 Å². The molecule has 18 heteroatoms. The van der Waals surface area contributed by atoms with Crippen LogP contribution in [0.1, 0.15) is 16.1 Å². The van der Waals surface area contributed by atoms with Crippen molar-refractivity contribution < 1.29 is 38.7 Å². The fourth-order valence-electron chi connectivity index (χ4n) is 3.73. The number of tetrazole rings is 1. The predicted molar refractivity (Wildman–Crippen MR) is 120 cm³/mol. The third-order valence-electron chi connectivity index (χ3n) is 5.44. The number of fused-ring (bicyclic) bond motifs is 1. The minimum Gasteiger partial charge on any atom is -0.491 e. The van der Waals surface area contributed by atoms with Crippen LogP contribution >= 0.6 is 23.5 Å². The number of nitrogens with one attached hydrogen (secondary N) is 2. The largest absolute Gasteiger partial charge is 0.491 e. The Morgan fingerprint density at radius 2 is 2.14 bits per heavy atom. The summed E-state index contributed by atoms with van der Waals surface area (Å²) in [6, 6.07) is 0. The molecule has 4 heterocycles. The summed E-state index contributed by atoms with van der Waals surface area (Å²) in [5.41, 5.74) is -1.88. The van der Waals surface area contributed by atoms with Gasteiger partial charge in [-0.1, -0.05) is 11.8 Å². The molecule has 2 atom stereocenters. The number of carboxylic acids is 1. The first-order valence-electron chi connectivity index (χ1n) is 10.2. The van der Waals surface area contributed by atoms with E-state index < -0.39 is 47.1 Å². The standard InChI is InChI=1S/C18H20N8O8S2/c1-19-12(28)10-8(34-22-13(10)29)4-9(27)20-18(33-3)15(32)26-11(14(30)31)7(5-35-16(18)26)6-36-17-21-23-24-25(17)2/h16H,4-6H2,1-3H3,(H,19,28)(H,20,27)(H,22,29)(H,30,31)/t16-,18-/m0/s1. The lowest BCUT2D eigenvalue weighted by molar-refractivity contribution is -0.192. The van der Waals surface area contributed by atoms with Gasteiger partial charge in [0.15, 0.2) is 5.76 Å². The average molecular weight is 541 g/mol. The Labute approximate surface area is 210 Å². The van der Waals surface area contributed by atoms with Crippen molar-refractivity contribution in [3.05, 3.63) is 22.6 Å². The minimum absolute atomic E-state index is 0.199. The molecule has 36 heavy (non-hydrogen) atoms. The Morgan fingerprint density at radius 3 is 2.75 bits per heavy atom. The lowest BCUT2D eigenvalue weighted by Gasteiger charge is -2.55. The number of nitrogens with zero attached hydrogens (tertiary/aromatic N) is 6. The summed E-state index contributed by atoms with van der Waals surface area (Å²) in [5, 5.41) is 38.4. The van der Waals surface area contributed by atoms with Crippen LogP contribution in [-0.2, 0) is 32.6 Å². The first-order chi connectivity index (χ1) is 17.1. The van der Waals surface area contributed by atoms with Gasteiger partial charge in [0, 0.05) is 32.7 Å². The molecule has 1 fully saturated rings. The van der Waals surface area contributed by atoms with Gasteiger partial charge in [-0.2, -0.15) is 0 Å². The second-order valence-corrected chi connectivity index (χ2v) is 9.53. The summed E-state index contributed by atoms with van der Waals surface area (Å²) >= 11 is 2.43. The molecule has 192 valence electrons. The van der Waals surface area contributed by atoms with Crippen LogP contribution in [0.4, 0.5) is 0 Å². The maximum Gasteiger partial charge on any atom is 0.352 e. The third-order valence-corrected chi connectivity index (χ3v) is 7.91. The number of rotatable bonds is 9. The summed E-state index contributed by atoms with van der Waals surface area (Å²) < 4.78 is 11.7. The lowest BCUT2D eigenvalue weighted by Crippen LogP contribution is -2.80. The van der Waals surface area contributed by atoms with Crippen molar-refractivity contribution in [1.29, 1.82) is 0 Å². The van der Waals surface area contributed by atoms with Crippen LogP contribution in [0.5, 0.6) is 5.88 Å². The van der Waals surface area contributed by atoms with E-state index in [2.05, 4.69) is 31.3 Å².